The van der Waals surface area contributed by atoms with Crippen molar-refractivity contribution in [1.29, 1.82) is 0 Å². The fourth-order valence-corrected chi connectivity index (χ4v) is 2.82. The van der Waals surface area contributed by atoms with Crippen LogP contribution in [-0.4, -0.2) is 29.5 Å². The molecule has 2 aromatic carbocycles. The molecular formula is C20H24N2O4S. The number of benzene rings is 2. The quantitative estimate of drug-likeness (QED) is 0.301. The normalized spacial score (nSPS) is 11.0. The molecule has 3 N–H and O–H groups in total. The highest BCUT2D eigenvalue weighted by Gasteiger charge is 2.14. The van der Waals surface area contributed by atoms with Gasteiger partial charge in [-0.1, -0.05) is 32.9 Å². The Morgan fingerprint density at radius 1 is 1.04 bits per heavy atom. The summed E-state index contributed by atoms with van der Waals surface area (Å²) >= 11 is 0.872. The predicted molar refractivity (Wildman–Crippen MR) is 106 cm³/mol. The summed E-state index contributed by atoms with van der Waals surface area (Å²) in [5.74, 6) is 0.494. The first-order valence-electron chi connectivity index (χ1n) is 8.53. The monoisotopic (exact) mass is 388 g/mol. The number of ether oxygens (including phenoxy) is 1. The van der Waals surface area contributed by atoms with Gasteiger partial charge in [-0.3, -0.25) is 14.8 Å². The molecule has 2 aromatic rings. The van der Waals surface area contributed by atoms with Crippen molar-refractivity contribution < 1.29 is 19.5 Å². The van der Waals surface area contributed by atoms with Crippen LogP contribution in [0.1, 0.15) is 36.7 Å². The summed E-state index contributed by atoms with van der Waals surface area (Å²) in [5.41, 5.74) is 3.41. The van der Waals surface area contributed by atoms with Gasteiger partial charge in [-0.15, -0.1) is 0 Å². The van der Waals surface area contributed by atoms with Crippen LogP contribution in [0.15, 0.2) is 53.4 Å². The Balaban J connectivity index is 1.76. The molecule has 0 heterocycles. The fraction of sp³-hybridized carbons (Fsp3) is 0.300. The molecule has 0 aliphatic carbocycles. The summed E-state index contributed by atoms with van der Waals surface area (Å²) in [6, 6.07) is 14.5. The van der Waals surface area contributed by atoms with Crippen LogP contribution in [0.4, 0.5) is 4.79 Å². The number of amides is 2. The van der Waals surface area contributed by atoms with Gasteiger partial charge < -0.3 is 10.1 Å². The topological polar surface area (TPSA) is 87.7 Å². The lowest BCUT2D eigenvalue weighted by atomic mass is 9.87. The van der Waals surface area contributed by atoms with Crippen LogP contribution in [0.3, 0.4) is 0 Å². The molecule has 0 aliphatic rings. The molecule has 0 saturated carbocycles. The maximum Gasteiger partial charge on any atom is 0.307 e. The van der Waals surface area contributed by atoms with Crippen LogP contribution in [0.5, 0.6) is 5.75 Å². The zero-order valence-electron chi connectivity index (χ0n) is 15.6. The molecule has 0 bridgehead atoms. The largest absolute Gasteiger partial charge is 0.492 e. The minimum absolute atomic E-state index is 0.0544. The summed E-state index contributed by atoms with van der Waals surface area (Å²) < 4.78 is 5.57. The van der Waals surface area contributed by atoms with E-state index in [2.05, 4.69) is 26.1 Å². The zero-order chi connectivity index (χ0) is 19.9. The molecule has 0 atom stereocenters. The van der Waals surface area contributed by atoms with E-state index in [1.54, 1.807) is 29.7 Å². The standard InChI is InChI=1S/C20H24N2O4S/c1-20(2,3)15-6-4-14(5-7-15)18(23)21-12-13-26-16-8-10-17(11-9-16)27-19(24)22-25/h4-11,25H,12-13H2,1-3H3,(H,21,23)(H,22,24). The van der Waals surface area contributed by atoms with E-state index in [1.165, 1.54) is 5.56 Å². The van der Waals surface area contributed by atoms with E-state index in [1.807, 2.05) is 24.3 Å². The Kier molecular flexibility index (Phi) is 7.27. The van der Waals surface area contributed by atoms with Gasteiger partial charge in [0.25, 0.3) is 5.91 Å². The Bertz CT molecular complexity index is 768. The smallest absolute Gasteiger partial charge is 0.307 e. The number of carbonyl (C=O) groups excluding carboxylic acids is 2. The summed E-state index contributed by atoms with van der Waals surface area (Å²) in [6.45, 7) is 7.10. The van der Waals surface area contributed by atoms with Gasteiger partial charge in [0, 0.05) is 10.5 Å². The molecule has 0 saturated heterocycles. The number of hydroxylamine groups is 1. The summed E-state index contributed by atoms with van der Waals surface area (Å²) in [6.07, 6.45) is 0. The lowest BCUT2D eigenvalue weighted by molar-refractivity contribution is 0.0947. The third-order valence-corrected chi connectivity index (χ3v) is 4.58. The third-order valence-electron chi connectivity index (χ3n) is 3.80. The van der Waals surface area contributed by atoms with Gasteiger partial charge in [-0.25, -0.2) is 5.48 Å². The second-order valence-electron chi connectivity index (χ2n) is 6.90. The minimum Gasteiger partial charge on any atom is -0.492 e. The van der Waals surface area contributed by atoms with Gasteiger partial charge in [-0.05, 0) is 59.1 Å². The lowest BCUT2D eigenvalue weighted by Gasteiger charge is -2.19. The van der Waals surface area contributed by atoms with Crippen LogP contribution in [-0.2, 0) is 5.41 Å². The number of thioether (sulfide) groups is 1. The summed E-state index contributed by atoms with van der Waals surface area (Å²) in [7, 11) is 0. The number of hydrogen-bond donors (Lipinski definition) is 3. The van der Waals surface area contributed by atoms with Gasteiger partial charge in [0.1, 0.15) is 12.4 Å². The van der Waals surface area contributed by atoms with Crippen LogP contribution in [0.2, 0.25) is 0 Å². The van der Waals surface area contributed by atoms with Crippen molar-refractivity contribution in [2.75, 3.05) is 13.2 Å². The maximum absolute atomic E-state index is 12.2. The first-order valence-corrected chi connectivity index (χ1v) is 9.35. The molecule has 0 aromatic heterocycles. The van der Waals surface area contributed by atoms with Crippen molar-refractivity contribution in [2.45, 2.75) is 31.1 Å². The van der Waals surface area contributed by atoms with Gasteiger partial charge in [0.05, 0.1) is 6.54 Å². The molecule has 144 valence electrons. The average Bonchev–Trinajstić information content (AvgIpc) is 2.65. The molecule has 7 heteroatoms. The number of rotatable bonds is 6. The van der Waals surface area contributed by atoms with Gasteiger partial charge in [0.15, 0.2) is 0 Å². The van der Waals surface area contributed by atoms with Crippen molar-refractivity contribution in [3.05, 3.63) is 59.7 Å². The molecule has 0 aliphatic heterocycles. The van der Waals surface area contributed by atoms with Gasteiger partial charge in [0.2, 0.25) is 0 Å². The predicted octanol–water partition coefficient (Wildman–Crippen LogP) is 3.98. The second kappa shape index (κ2) is 9.43. The summed E-state index contributed by atoms with van der Waals surface area (Å²) in [4.78, 5) is 23.9. The zero-order valence-corrected chi connectivity index (χ0v) is 16.4. The van der Waals surface area contributed by atoms with Crippen LogP contribution >= 0.6 is 11.8 Å². The van der Waals surface area contributed by atoms with Crippen molar-refractivity contribution in [2.24, 2.45) is 0 Å². The number of nitrogens with one attached hydrogen (secondary N) is 2. The Morgan fingerprint density at radius 3 is 2.22 bits per heavy atom. The highest BCUT2D eigenvalue weighted by atomic mass is 32.2. The van der Waals surface area contributed by atoms with Gasteiger partial charge in [-0.2, -0.15) is 0 Å². The van der Waals surface area contributed by atoms with Crippen LogP contribution < -0.4 is 15.5 Å². The first kappa shape index (κ1) is 20.8. The molecule has 27 heavy (non-hydrogen) atoms. The molecule has 0 radical (unpaired) electrons. The number of hydrogen-bond acceptors (Lipinski definition) is 5. The molecule has 2 rings (SSSR count). The molecule has 2 amide bonds. The Hall–Kier alpha value is -2.51. The van der Waals surface area contributed by atoms with E-state index in [4.69, 9.17) is 9.94 Å². The SMILES string of the molecule is CC(C)(C)c1ccc(C(=O)NCCOc2ccc(SC(=O)NO)cc2)cc1. The van der Waals surface area contributed by atoms with E-state index < -0.39 is 5.24 Å². The second-order valence-corrected chi connectivity index (χ2v) is 7.95. The van der Waals surface area contributed by atoms with Crippen molar-refractivity contribution in [1.82, 2.24) is 10.8 Å². The van der Waals surface area contributed by atoms with Crippen molar-refractivity contribution >= 4 is 22.9 Å². The highest BCUT2D eigenvalue weighted by Crippen LogP contribution is 2.22. The lowest BCUT2D eigenvalue weighted by Crippen LogP contribution is -2.28. The molecular weight excluding hydrogens is 364 g/mol. The van der Waals surface area contributed by atoms with E-state index in [0.29, 0.717) is 29.4 Å². The first-order chi connectivity index (χ1) is 12.8. The summed E-state index contributed by atoms with van der Waals surface area (Å²) in [5, 5.41) is 10.8. The number of carbonyl (C=O) groups is 2. The minimum atomic E-state index is -0.554. The van der Waals surface area contributed by atoms with Gasteiger partial charge >= 0.3 is 5.24 Å². The van der Waals surface area contributed by atoms with E-state index in [0.717, 1.165) is 11.8 Å². The van der Waals surface area contributed by atoms with Crippen LogP contribution in [0.25, 0.3) is 0 Å². The average molecular weight is 388 g/mol. The molecule has 0 spiro atoms. The van der Waals surface area contributed by atoms with Crippen molar-refractivity contribution in [3.63, 3.8) is 0 Å². The maximum atomic E-state index is 12.2. The third kappa shape index (κ3) is 6.62. The van der Waals surface area contributed by atoms with E-state index in [9.17, 15) is 9.59 Å². The molecule has 0 fully saturated rings. The Morgan fingerprint density at radius 2 is 1.67 bits per heavy atom. The van der Waals surface area contributed by atoms with E-state index in [-0.39, 0.29) is 11.3 Å². The van der Waals surface area contributed by atoms with Crippen LogP contribution in [0, 0.1) is 0 Å². The fourth-order valence-electron chi connectivity index (χ4n) is 2.29. The molecule has 6 nitrogen and oxygen atoms in total. The Labute approximate surface area is 163 Å². The molecule has 0 unspecified atom stereocenters. The van der Waals surface area contributed by atoms with E-state index >= 15 is 0 Å². The van der Waals surface area contributed by atoms with Crippen molar-refractivity contribution in [3.8, 4) is 5.75 Å². The highest BCUT2D eigenvalue weighted by molar-refractivity contribution is 8.13.